The van der Waals surface area contributed by atoms with Gasteiger partial charge < -0.3 is 10.1 Å². The molecule has 0 unspecified atom stereocenters. The summed E-state index contributed by atoms with van der Waals surface area (Å²) >= 11 is 0. The zero-order valence-corrected chi connectivity index (χ0v) is 15.1. The second kappa shape index (κ2) is 8.49. The molecule has 2 aromatic rings. The Morgan fingerprint density at radius 1 is 1.19 bits per heavy atom. The van der Waals surface area contributed by atoms with Crippen molar-refractivity contribution >= 4 is 23.6 Å². The molecule has 2 amide bonds. The first-order chi connectivity index (χ1) is 13.1. The Balaban J connectivity index is 1.89. The standard InChI is InChI=1S/C21H21FN2O3/c1-2-3-12-23-20(25)14-24-17-10-6-7-11-18(17)27-19(21(24)26)13-15-8-4-5-9-16(15)22/h4-11,13H,2-3,12,14H2,1H3,(H,23,25). The molecular weight excluding hydrogens is 347 g/mol. The van der Waals surface area contributed by atoms with Crippen LogP contribution >= 0.6 is 0 Å². The molecule has 2 aromatic carbocycles. The third kappa shape index (κ3) is 4.34. The van der Waals surface area contributed by atoms with Crippen LogP contribution in [-0.4, -0.2) is 24.9 Å². The van der Waals surface area contributed by atoms with Crippen LogP contribution in [-0.2, 0) is 9.59 Å². The predicted octanol–water partition coefficient (Wildman–Crippen LogP) is 3.51. The number of anilines is 1. The van der Waals surface area contributed by atoms with Crippen molar-refractivity contribution in [2.24, 2.45) is 0 Å². The summed E-state index contributed by atoms with van der Waals surface area (Å²) < 4.78 is 19.6. The minimum Gasteiger partial charge on any atom is -0.449 e. The number of hydrogen-bond acceptors (Lipinski definition) is 3. The molecule has 0 aliphatic carbocycles. The molecule has 1 aliphatic rings. The van der Waals surface area contributed by atoms with E-state index in [9.17, 15) is 14.0 Å². The number of unbranched alkanes of at least 4 members (excludes halogenated alkanes) is 1. The molecule has 27 heavy (non-hydrogen) atoms. The minimum atomic E-state index is -0.484. The van der Waals surface area contributed by atoms with E-state index in [0.717, 1.165) is 12.8 Å². The van der Waals surface area contributed by atoms with Crippen molar-refractivity contribution in [1.82, 2.24) is 5.32 Å². The van der Waals surface area contributed by atoms with Gasteiger partial charge in [0.25, 0.3) is 5.91 Å². The van der Waals surface area contributed by atoms with Crippen LogP contribution in [0.5, 0.6) is 5.75 Å². The zero-order valence-electron chi connectivity index (χ0n) is 15.1. The number of hydrogen-bond donors (Lipinski definition) is 1. The minimum absolute atomic E-state index is 0.0276. The van der Waals surface area contributed by atoms with E-state index in [1.165, 1.54) is 17.0 Å². The van der Waals surface area contributed by atoms with Crippen LogP contribution in [0.1, 0.15) is 25.3 Å². The van der Waals surface area contributed by atoms with E-state index in [0.29, 0.717) is 18.0 Å². The molecule has 1 aliphatic heterocycles. The smallest absolute Gasteiger partial charge is 0.294 e. The van der Waals surface area contributed by atoms with Gasteiger partial charge in [0.05, 0.1) is 5.69 Å². The number of fused-ring (bicyclic) bond motifs is 1. The summed E-state index contributed by atoms with van der Waals surface area (Å²) in [6, 6.07) is 13.1. The van der Waals surface area contributed by atoms with Gasteiger partial charge in [-0.3, -0.25) is 14.5 Å². The Bertz CT molecular complexity index is 879. The number of ether oxygens (including phenoxy) is 1. The molecule has 0 saturated heterocycles. The molecule has 0 aromatic heterocycles. The SMILES string of the molecule is CCCCNC(=O)CN1C(=O)C(=Cc2ccccc2F)Oc2ccccc21. The Labute approximate surface area is 157 Å². The number of para-hydroxylation sites is 2. The lowest BCUT2D eigenvalue weighted by molar-refractivity contribution is -0.123. The Kier molecular flexibility index (Phi) is 5.86. The van der Waals surface area contributed by atoms with E-state index >= 15 is 0 Å². The van der Waals surface area contributed by atoms with Crippen molar-refractivity contribution in [3.8, 4) is 5.75 Å². The van der Waals surface area contributed by atoms with E-state index in [1.807, 2.05) is 6.92 Å². The molecule has 0 radical (unpaired) electrons. The van der Waals surface area contributed by atoms with Crippen LogP contribution in [0.3, 0.4) is 0 Å². The van der Waals surface area contributed by atoms with Gasteiger partial charge in [0, 0.05) is 12.1 Å². The van der Waals surface area contributed by atoms with Crippen molar-refractivity contribution < 1.29 is 18.7 Å². The number of benzene rings is 2. The lowest BCUT2D eigenvalue weighted by atomic mass is 10.1. The first-order valence-corrected chi connectivity index (χ1v) is 8.92. The quantitative estimate of drug-likeness (QED) is 0.627. The van der Waals surface area contributed by atoms with Gasteiger partial charge in [-0.2, -0.15) is 0 Å². The van der Waals surface area contributed by atoms with Crippen molar-refractivity contribution in [1.29, 1.82) is 0 Å². The molecule has 6 heteroatoms. The van der Waals surface area contributed by atoms with Gasteiger partial charge in [-0.1, -0.05) is 43.7 Å². The van der Waals surface area contributed by atoms with Gasteiger partial charge in [-0.15, -0.1) is 0 Å². The van der Waals surface area contributed by atoms with Gasteiger partial charge in [0.15, 0.2) is 11.5 Å². The van der Waals surface area contributed by atoms with Crippen molar-refractivity contribution in [3.05, 3.63) is 65.7 Å². The van der Waals surface area contributed by atoms with Crippen LogP contribution in [0.15, 0.2) is 54.3 Å². The highest BCUT2D eigenvalue weighted by Crippen LogP contribution is 2.35. The van der Waals surface area contributed by atoms with Crippen molar-refractivity contribution in [2.75, 3.05) is 18.0 Å². The molecule has 1 heterocycles. The highest BCUT2D eigenvalue weighted by Gasteiger charge is 2.31. The van der Waals surface area contributed by atoms with Crippen LogP contribution in [0, 0.1) is 5.82 Å². The second-order valence-electron chi connectivity index (χ2n) is 6.19. The molecule has 0 atom stereocenters. The van der Waals surface area contributed by atoms with Crippen LogP contribution in [0.25, 0.3) is 6.08 Å². The third-order valence-electron chi connectivity index (χ3n) is 4.18. The monoisotopic (exact) mass is 368 g/mol. The predicted molar refractivity (Wildman–Crippen MR) is 102 cm³/mol. The highest BCUT2D eigenvalue weighted by atomic mass is 19.1. The van der Waals surface area contributed by atoms with E-state index in [2.05, 4.69) is 5.32 Å². The van der Waals surface area contributed by atoms with Crippen molar-refractivity contribution in [3.63, 3.8) is 0 Å². The van der Waals surface area contributed by atoms with E-state index < -0.39 is 11.7 Å². The molecular formula is C21H21FN2O3. The fraction of sp³-hybridized carbons (Fsp3) is 0.238. The van der Waals surface area contributed by atoms with Gasteiger partial charge in [-0.25, -0.2) is 4.39 Å². The summed E-state index contributed by atoms with van der Waals surface area (Å²) in [6.45, 7) is 2.47. The topological polar surface area (TPSA) is 58.6 Å². The maximum atomic E-state index is 14.0. The van der Waals surface area contributed by atoms with Crippen LogP contribution in [0.4, 0.5) is 10.1 Å². The number of amides is 2. The maximum absolute atomic E-state index is 14.0. The summed E-state index contributed by atoms with van der Waals surface area (Å²) in [4.78, 5) is 26.5. The van der Waals surface area contributed by atoms with Gasteiger partial charge >= 0.3 is 0 Å². The molecule has 0 spiro atoms. The molecule has 5 nitrogen and oxygen atoms in total. The first-order valence-electron chi connectivity index (χ1n) is 8.92. The zero-order chi connectivity index (χ0) is 19.2. The number of carbonyl (C=O) groups is 2. The highest BCUT2D eigenvalue weighted by molar-refractivity contribution is 6.12. The lowest BCUT2D eigenvalue weighted by Crippen LogP contribution is -2.44. The van der Waals surface area contributed by atoms with E-state index in [1.54, 1.807) is 42.5 Å². The van der Waals surface area contributed by atoms with Gasteiger partial charge in [-0.05, 0) is 30.7 Å². The Morgan fingerprint density at radius 2 is 1.93 bits per heavy atom. The number of nitrogens with one attached hydrogen (secondary N) is 1. The molecule has 0 saturated carbocycles. The molecule has 140 valence electrons. The van der Waals surface area contributed by atoms with Gasteiger partial charge in [0.1, 0.15) is 12.4 Å². The summed E-state index contributed by atoms with van der Waals surface area (Å²) in [7, 11) is 0. The number of halogens is 1. The number of carbonyl (C=O) groups excluding carboxylic acids is 2. The Hall–Kier alpha value is -3.15. The molecule has 0 bridgehead atoms. The number of rotatable bonds is 6. The fourth-order valence-electron chi connectivity index (χ4n) is 2.76. The van der Waals surface area contributed by atoms with E-state index in [-0.39, 0.29) is 23.8 Å². The van der Waals surface area contributed by atoms with Crippen LogP contribution < -0.4 is 15.0 Å². The lowest BCUT2D eigenvalue weighted by Gasteiger charge is -2.30. The largest absolute Gasteiger partial charge is 0.449 e. The molecule has 0 fully saturated rings. The summed E-state index contributed by atoms with van der Waals surface area (Å²) in [5, 5.41) is 2.80. The average molecular weight is 368 g/mol. The summed E-state index contributed by atoms with van der Waals surface area (Å²) in [5.41, 5.74) is 0.756. The third-order valence-corrected chi connectivity index (χ3v) is 4.18. The normalized spacial score (nSPS) is 14.7. The second-order valence-corrected chi connectivity index (χ2v) is 6.19. The van der Waals surface area contributed by atoms with Gasteiger partial charge in [0.2, 0.25) is 5.91 Å². The average Bonchev–Trinajstić information content (AvgIpc) is 2.67. The molecule has 1 N–H and O–H groups in total. The van der Waals surface area contributed by atoms with E-state index in [4.69, 9.17) is 4.74 Å². The fourth-order valence-corrected chi connectivity index (χ4v) is 2.76. The maximum Gasteiger partial charge on any atom is 0.294 e. The summed E-state index contributed by atoms with van der Waals surface area (Å²) in [6.07, 6.45) is 3.20. The van der Waals surface area contributed by atoms with Crippen LogP contribution in [0.2, 0.25) is 0 Å². The first kappa shape index (κ1) is 18.6. The summed E-state index contributed by atoms with van der Waals surface area (Å²) in [5.74, 6) is -0.772. The Morgan fingerprint density at radius 3 is 2.70 bits per heavy atom. The molecule has 3 rings (SSSR count). The number of nitrogens with zero attached hydrogens (tertiary/aromatic N) is 1. The van der Waals surface area contributed by atoms with Crippen molar-refractivity contribution in [2.45, 2.75) is 19.8 Å².